The molecule has 0 saturated carbocycles. The molecule has 2 unspecified atom stereocenters. The highest BCUT2D eigenvalue weighted by atomic mass is 32.1. The molecular formula is C18H24N6O2S. The number of carbonyl (C=O) groups excluding carboxylic acids is 1. The van der Waals surface area contributed by atoms with Crippen LogP contribution in [-0.2, 0) is 0 Å². The molecule has 1 spiro atoms. The number of aromatic nitrogens is 3. The van der Waals surface area contributed by atoms with Gasteiger partial charge in [0, 0.05) is 37.2 Å². The molecule has 144 valence electrons. The van der Waals surface area contributed by atoms with Gasteiger partial charge in [-0.25, -0.2) is 4.98 Å². The Morgan fingerprint density at radius 1 is 1.41 bits per heavy atom. The van der Waals surface area contributed by atoms with Crippen LogP contribution in [0.4, 0.5) is 5.13 Å². The molecule has 9 heteroatoms. The molecule has 2 aromatic heterocycles. The van der Waals surface area contributed by atoms with Crippen LogP contribution in [0.2, 0.25) is 0 Å². The van der Waals surface area contributed by atoms with Crippen molar-refractivity contribution in [2.45, 2.75) is 37.8 Å². The van der Waals surface area contributed by atoms with Crippen LogP contribution in [0, 0.1) is 6.92 Å². The molecule has 4 rings (SSSR count). The molecule has 1 amide bonds. The van der Waals surface area contributed by atoms with E-state index in [1.54, 1.807) is 12.1 Å². The van der Waals surface area contributed by atoms with Crippen LogP contribution in [0.15, 0.2) is 23.0 Å². The van der Waals surface area contributed by atoms with Crippen LogP contribution in [-0.4, -0.2) is 63.4 Å². The molecule has 2 N–H and O–H groups in total. The first-order chi connectivity index (χ1) is 13.0. The Morgan fingerprint density at radius 2 is 2.26 bits per heavy atom. The summed E-state index contributed by atoms with van der Waals surface area (Å²) < 4.78 is 4.31. The molecule has 27 heavy (non-hydrogen) atoms. The van der Waals surface area contributed by atoms with E-state index in [1.165, 1.54) is 17.6 Å². The highest BCUT2D eigenvalue weighted by Crippen LogP contribution is 2.38. The third-order valence-corrected chi connectivity index (χ3v) is 6.64. The number of carbonyl (C=O) groups is 1. The Bertz CT molecular complexity index is 896. The summed E-state index contributed by atoms with van der Waals surface area (Å²) in [6.45, 7) is 4.61. The average Bonchev–Trinajstić information content (AvgIpc) is 3.21. The van der Waals surface area contributed by atoms with Gasteiger partial charge in [-0.05, 0) is 39.3 Å². The quantitative estimate of drug-likeness (QED) is 0.815. The van der Waals surface area contributed by atoms with E-state index in [0.717, 1.165) is 49.9 Å². The first kappa shape index (κ1) is 18.1. The monoisotopic (exact) mass is 388 g/mol. The highest BCUT2D eigenvalue weighted by Gasteiger charge is 2.50. The maximum Gasteiger partial charge on any atom is 0.268 e. The molecule has 2 atom stereocenters. The van der Waals surface area contributed by atoms with E-state index in [2.05, 4.69) is 36.5 Å². The number of rotatable bonds is 3. The summed E-state index contributed by atoms with van der Waals surface area (Å²) in [4.78, 5) is 36.0. The first-order valence-electron chi connectivity index (χ1n) is 9.25. The van der Waals surface area contributed by atoms with E-state index in [-0.39, 0.29) is 23.0 Å². The summed E-state index contributed by atoms with van der Waals surface area (Å²) in [6.07, 6.45) is 2.95. The fraction of sp³-hybridized carbons (Fsp3) is 0.556. The van der Waals surface area contributed by atoms with Crippen LogP contribution in [0.25, 0.3) is 0 Å². The molecule has 0 aromatic carbocycles. The van der Waals surface area contributed by atoms with Gasteiger partial charge in [0.1, 0.15) is 11.5 Å². The van der Waals surface area contributed by atoms with Crippen LogP contribution >= 0.6 is 11.5 Å². The van der Waals surface area contributed by atoms with Gasteiger partial charge in [0.15, 0.2) is 0 Å². The van der Waals surface area contributed by atoms with Crippen LogP contribution in [0.5, 0.6) is 0 Å². The number of hydrogen-bond donors (Lipinski definition) is 2. The Balaban J connectivity index is 1.56. The second kappa shape index (κ2) is 7.05. The predicted molar refractivity (Wildman–Crippen MR) is 104 cm³/mol. The summed E-state index contributed by atoms with van der Waals surface area (Å²) >= 11 is 1.43. The smallest absolute Gasteiger partial charge is 0.268 e. The predicted octanol–water partition coefficient (Wildman–Crippen LogP) is 1.01. The number of hydrogen-bond acceptors (Lipinski definition) is 7. The minimum atomic E-state index is -0.267. The van der Waals surface area contributed by atoms with E-state index in [9.17, 15) is 9.59 Å². The second-order valence-corrected chi connectivity index (χ2v) is 8.15. The zero-order chi connectivity index (χ0) is 19.0. The van der Waals surface area contributed by atoms with Crippen LogP contribution in [0.3, 0.4) is 0 Å². The van der Waals surface area contributed by atoms with Crippen molar-refractivity contribution in [3.8, 4) is 0 Å². The lowest BCUT2D eigenvalue weighted by molar-refractivity contribution is 0.0835. The van der Waals surface area contributed by atoms with Crippen molar-refractivity contribution in [1.82, 2.24) is 24.6 Å². The topological polar surface area (TPSA) is 94.2 Å². The van der Waals surface area contributed by atoms with Gasteiger partial charge >= 0.3 is 0 Å². The summed E-state index contributed by atoms with van der Waals surface area (Å²) in [5, 5.41) is 4.13. The number of amides is 1. The first-order valence-corrected chi connectivity index (χ1v) is 10.0. The second-order valence-electron chi connectivity index (χ2n) is 7.42. The Morgan fingerprint density at radius 3 is 3.00 bits per heavy atom. The third kappa shape index (κ3) is 3.37. The fourth-order valence-electron chi connectivity index (χ4n) is 4.34. The van der Waals surface area contributed by atoms with Crippen molar-refractivity contribution in [2.24, 2.45) is 0 Å². The number of nitrogens with one attached hydrogen (secondary N) is 2. The molecule has 0 radical (unpaired) electrons. The molecule has 2 aromatic rings. The van der Waals surface area contributed by atoms with Gasteiger partial charge in [-0.15, -0.1) is 0 Å². The molecule has 0 bridgehead atoms. The van der Waals surface area contributed by atoms with E-state index in [4.69, 9.17) is 0 Å². The minimum absolute atomic E-state index is 0.0236. The molecular weight excluding hydrogens is 364 g/mol. The van der Waals surface area contributed by atoms with Crippen LogP contribution < -0.4 is 15.8 Å². The SMILES string of the molecule is Cc1nsc(N2CCCC3(C2)C(NC(=O)c2cccc(=O)[nH]2)CCN3C)n1. The summed E-state index contributed by atoms with van der Waals surface area (Å²) in [7, 11) is 2.13. The van der Waals surface area contributed by atoms with E-state index < -0.39 is 0 Å². The summed E-state index contributed by atoms with van der Waals surface area (Å²) in [6, 6.07) is 4.67. The Hall–Kier alpha value is -2.26. The number of nitrogens with zero attached hydrogens (tertiary/aromatic N) is 4. The zero-order valence-electron chi connectivity index (χ0n) is 15.6. The van der Waals surface area contributed by atoms with Gasteiger partial charge in [0.25, 0.3) is 5.91 Å². The number of H-pyrrole nitrogens is 1. The van der Waals surface area contributed by atoms with Crippen molar-refractivity contribution < 1.29 is 4.79 Å². The van der Waals surface area contributed by atoms with Gasteiger partial charge in [-0.3, -0.25) is 14.5 Å². The zero-order valence-corrected chi connectivity index (χ0v) is 16.4. The number of pyridine rings is 1. The standard InChI is InChI=1S/C18H24N6O2S/c1-12-19-17(27-22-12)24-9-4-8-18(11-24)14(7-10-23(18)2)21-16(26)13-5-3-6-15(25)20-13/h3,5-6,14H,4,7-11H2,1-2H3,(H,20,25)(H,21,26). The van der Waals surface area contributed by atoms with E-state index in [1.807, 2.05) is 6.92 Å². The number of likely N-dealkylation sites (N-methyl/N-ethyl adjacent to an activating group) is 1. The normalized spacial score (nSPS) is 25.9. The summed E-state index contributed by atoms with van der Waals surface area (Å²) in [5.74, 6) is 0.573. The molecule has 2 saturated heterocycles. The number of aryl methyl sites for hydroxylation is 1. The van der Waals surface area contributed by atoms with Gasteiger partial charge < -0.3 is 15.2 Å². The molecule has 4 heterocycles. The van der Waals surface area contributed by atoms with E-state index in [0.29, 0.717) is 5.69 Å². The van der Waals surface area contributed by atoms with Gasteiger partial charge in [0.2, 0.25) is 10.7 Å². The van der Waals surface area contributed by atoms with Crippen LogP contribution in [0.1, 0.15) is 35.6 Å². The molecule has 2 aliphatic heterocycles. The number of anilines is 1. The largest absolute Gasteiger partial charge is 0.346 e. The van der Waals surface area contributed by atoms with Gasteiger partial charge in [0.05, 0.1) is 11.6 Å². The average molecular weight is 388 g/mol. The van der Waals surface area contributed by atoms with E-state index >= 15 is 0 Å². The molecule has 0 aliphatic carbocycles. The Labute approximate surface area is 161 Å². The fourth-order valence-corrected chi connectivity index (χ4v) is 5.04. The number of aromatic amines is 1. The van der Waals surface area contributed by atoms with Gasteiger partial charge in [-0.2, -0.15) is 4.37 Å². The minimum Gasteiger partial charge on any atom is -0.346 e. The van der Waals surface area contributed by atoms with Crippen molar-refractivity contribution in [1.29, 1.82) is 0 Å². The summed E-state index contributed by atoms with van der Waals surface area (Å²) in [5.41, 5.74) is -0.0984. The maximum absolute atomic E-state index is 12.7. The molecule has 2 aliphatic rings. The molecule has 8 nitrogen and oxygen atoms in total. The number of likely N-dealkylation sites (tertiary alicyclic amines) is 1. The lowest BCUT2D eigenvalue weighted by Crippen LogP contribution is -2.63. The van der Waals surface area contributed by atoms with Crippen molar-refractivity contribution in [3.05, 3.63) is 40.1 Å². The Kier molecular flexibility index (Phi) is 4.73. The number of piperidine rings is 1. The van der Waals surface area contributed by atoms with Crippen molar-refractivity contribution >= 4 is 22.6 Å². The van der Waals surface area contributed by atoms with Gasteiger partial charge in [-0.1, -0.05) is 6.07 Å². The lowest BCUT2D eigenvalue weighted by atomic mass is 9.82. The van der Waals surface area contributed by atoms with Crippen molar-refractivity contribution in [2.75, 3.05) is 31.6 Å². The highest BCUT2D eigenvalue weighted by molar-refractivity contribution is 7.09. The molecule has 2 fully saturated rings. The van der Waals surface area contributed by atoms with Crippen molar-refractivity contribution in [3.63, 3.8) is 0 Å². The lowest BCUT2D eigenvalue weighted by Gasteiger charge is -2.47. The third-order valence-electron chi connectivity index (χ3n) is 5.77. The maximum atomic E-state index is 12.7.